The molecule has 0 radical (unpaired) electrons. The SMILES string of the molecule is Cc1ccc(Cl)c(NC(=O)CCC(C)N)c1. The molecular formula is C12H17ClN2O. The van der Waals surface area contributed by atoms with Gasteiger partial charge in [-0.25, -0.2) is 0 Å². The molecule has 0 bridgehead atoms. The molecule has 16 heavy (non-hydrogen) atoms. The Balaban J connectivity index is 2.59. The fourth-order valence-electron chi connectivity index (χ4n) is 1.31. The number of hydrogen-bond acceptors (Lipinski definition) is 2. The van der Waals surface area contributed by atoms with Crippen molar-refractivity contribution in [1.82, 2.24) is 0 Å². The van der Waals surface area contributed by atoms with Crippen molar-refractivity contribution in [3.05, 3.63) is 28.8 Å². The normalized spacial score (nSPS) is 12.2. The van der Waals surface area contributed by atoms with E-state index in [-0.39, 0.29) is 11.9 Å². The zero-order valence-electron chi connectivity index (χ0n) is 9.59. The third-order valence-corrected chi connectivity index (χ3v) is 2.55. The largest absolute Gasteiger partial charge is 0.328 e. The lowest BCUT2D eigenvalue weighted by atomic mass is 10.2. The zero-order valence-corrected chi connectivity index (χ0v) is 10.3. The van der Waals surface area contributed by atoms with Crippen LogP contribution in [0.2, 0.25) is 5.02 Å². The molecule has 0 saturated carbocycles. The summed E-state index contributed by atoms with van der Waals surface area (Å²) in [5, 5.41) is 3.34. The molecule has 4 heteroatoms. The molecule has 1 atom stereocenters. The maximum absolute atomic E-state index is 11.6. The van der Waals surface area contributed by atoms with Crippen LogP contribution in [0.15, 0.2) is 18.2 Å². The molecule has 0 aliphatic carbocycles. The van der Waals surface area contributed by atoms with Crippen LogP contribution < -0.4 is 11.1 Å². The van der Waals surface area contributed by atoms with Gasteiger partial charge < -0.3 is 11.1 Å². The number of nitrogens with two attached hydrogens (primary N) is 1. The average Bonchev–Trinajstić information content (AvgIpc) is 2.20. The third kappa shape index (κ3) is 4.21. The van der Waals surface area contributed by atoms with E-state index in [1.54, 1.807) is 6.07 Å². The summed E-state index contributed by atoms with van der Waals surface area (Å²) in [6, 6.07) is 5.57. The zero-order chi connectivity index (χ0) is 12.1. The van der Waals surface area contributed by atoms with E-state index in [0.29, 0.717) is 23.6 Å². The van der Waals surface area contributed by atoms with Gasteiger partial charge in [-0.05, 0) is 38.0 Å². The maximum Gasteiger partial charge on any atom is 0.224 e. The van der Waals surface area contributed by atoms with Crippen LogP contribution in [0.1, 0.15) is 25.3 Å². The molecule has 0 aliphatic heterocycles. The van der Waals surface area contributed by atoms with E-state index in [4.69, 9.17) is 17.3 Å². The standard InChI is InChI=1S/C12H17ClN2O/c1-8-3-5-10(13)11(7-8)15-12(16)6-4-9(2)14/h3,5,7,9H,4,6,14H2,1-2H3,(H,15,16). The van der Waals surface area contributed by atoms with Crippen molar-refractivity contribution in [2.75, 3.05) is 5.32 Å². The van der Waals surface area contributed by atoms with Crippen molar-refractivity contribution >= 4 is 23.2 Å². The predicted octanol–water partition coefficient (Wildman–Crippen LogP) is 2.71. The first-order valence-corrected chi connectivity index (χ1v) is 5.68. The minimum atomic E-state index is -0.0511. The second-order valence-electron chi connectivity index (χ2n) is 4.05. The van der Waals surface area contributed by atoms with Gasteiger partial charge in [0, 0.05) is 12.5 Å². The first kappa shape index (κ1) is 13.0. The van der Waals surface area contributed by atoms with Gasteiger partial charge in [0.05, 0.1) is 10.7 Å². The van der Waals surface area contributed by atoms with Gasteiger partial charge in [-0.15, -0.1) is 0 Å². The molecule has 1 aromatic rings. The predicted molar refractivity (Wildman–Crippen MR) is 67.7 cm³/mol. The molecule has 0 aliphatic rings. The smallest absolute Gasteiger partial charge is 0.224 e. The molecule has 0 heterocycles. The van der Waals surface area contributed by atoms with Crippen molar-refractivity contribution < 1.29 is 4.79 Å². The number of anilines is 1. The van der Waals surface area contributed by atoms with Gasteiger partial charge in [0.25, 0.3) is 0 Å². The van der Waals surface area contributed by atoms with E-state index in [1.807, 2.05) is 26.0 Å². The Labute approximate surface area is 101 Å². The quantitative estimate of drug-likeness (QED) is 0.850. The Kier molecular flexibility index (Phi) is 4.77. The second kappa shape index (κ2) is 5.87. The van der Waals surface area contributed by atoms with Crippen LogP contribution in [0, 0.1) is 6.92 Å². The van der Waals surface area contributed by atoms with Crippen LogP contribution in [-0.2, 0) is 4.79 Å². The summed E-state index contributed by atoms with van der Waals surface area (Å²) in [5.41, 5.74) is 7.31. The summed E-state index contributed by atoms with van der Waals surface area (Å²) in [6.07, 6.45) is 1.09. The van der Waals surface area contributed by atoms with Gasteiger partial charge >= 0.3 is 0 Å². The van der Waals surface area contributed by atoms with Gasteiger partial charge in [0.1, 0.15) is 0 Å². The molecule has 88 valence electrons. The first-order valence-electron chi connectivity index (χ1n) is 5.30. The molecule has 1 amide bonds. The van der Waals surface area contributed by atoms with E-state index in [9.17, 15) is 4.79 Å². The van der Waals surface area contributed by atoms with Gasteiger partial charge in [-0.3, -0.25) is 4.79 Å². The number of aryl methyl sites for hydroxylation is 1. The summed E-state index contributed by atoms with van der Waals surface area (Å²) < 4.78 is 0. The lowest BCUT2D eigenvalue weighted by Gasteiger charge is -2.09. The topological polar surface area (TPSA) is 55.1 Å². The van der Waals surface area contributed by atoms with Crippen LogP contribution in [0.25, 0.3) is 0 Å². The van der Waals surface area contributed by atoms with Crippen LogP contribution in [0.5, 0.6) is 0 Å². The Morgan fingerprint density at radius 2 is 2.25 bits per heavy atom. The van der Waals surface area contributed by atoms with Gasteiger partial charge in [-0.1, -0.05) is 17.7 Å². The Bertz CT molecular complexity index is 377. The number of amides is 1. The number of carbonyl (C=O) groups excluding carboxylic acids is 1. The van der Waals surface area contributed by atoms with Gasteiger partial charge in [-0.2, -0.15) is 0 Å². The number of halogens is 1. The van der Waals surface area contributed by atoms with Crippen LogP contribution in [0.3, 0.4) is 0 Å². The molecule has 0 saturated heterocycles. The van der Waals surface area contributed by atoms with Crippen LogP contribution in [0.4, 0.5) is 5.69 Å². The van der Waals surface area contributed by atoms with Crippen LogP contribution >= 0.6 is 11.6 Å². The second-order valence-corrected chi connectivity index (χ2v) is 4.45. The summed E-state index contributed by atoms with van der Waals surface area (Å²) in [7, 11) is 0. The Hall–Kier alpha value is -1.06. The molecule has 0 aromatic heterocycles. The lowest BCUT2D eigenvalue weighted by molar-refractivity contribution is -0.116. The summed E-state index contributed by atoms with van der Waals surface area (Å²) in [6.45, 7) is 3.83. The first-order chi connectivity index (χ1) is 7.49. The number of nitrogens with one attached hydrogen (secondary N) is 1. The highest BCUT2D eigenvalue weighted by Crippen LogP contribution is 2.22. The van der Waals surface area contributed by atoms with Crippen molar-refractivity contribution in [3.63, 3.8) is 0 Å². The number of rotatable bonds is 4. The lowest BCUT2D eigenvalue weighted by Crippen LogP contribution is -2.19. The van der Waals surface area contributed by atoms with Crippen molar-refractivity contribution in [3.8, 4) is 0 Å². The average molecular weight is 241 g/mol. The minimum Gasteiger partial charge on any atom is -0.328 e. The van der Waals surface area contributed by atoms with Crippen molar-refractivity contribution in [2.45, 2.75) is 32.7 Å². The van der Waals surface area contributed by atoms with E-state index in [0.717, 1.165) is 5.56 Å². The minimum absolute atomic E-state index is 0.0405. The molecular weight excluding hydrogens is 224 g/mol. The molecule has 1 unspecified atom stereocenters. The number of benzene rings is 1. The highest BCUT2D eigenvalue weighted by atomic mass is 35.5. The summed E-state index contributed by atoms with van der Waals surface area (Å²) in [5.74, 6) is -0.0511. The molecule has 0 spiro atoms. The Morgan fingerprint density at radius 3 is 2.88 bits per heavy atom. The summed E-state index contributed by atoms with van der Waals surface area (Å²) in [4.78, 5) is 11.6. The monoisotopic (exact) mass is 240 g/mol. The van der Waals surface area contributed by atoms with E-state index in [2.05, 4.69) is 5.32 Å². The van der Waals surface area contributed by atoms with Crippen molar-refractivity contribution in [1.29, 1.82) is 0 Å². The molecule has 3 nitrogen and oxygen atoms in total. The van der Waals surface area contributed by atoms with Crippen LogP contribution in [-0.4, -0.2) is 11.9 Å². The number of hydrogen-bond donors (Lipinski definition) is 2. The fraction of sp³-hybridized carbons (Fsp3) is 0.417. The van der Waals surface area contributed by atoms with Crippen molar-refractivity contribution in [2.24, 2.45) is 5.73 Å². The highest BCUT2D eigenvalue weighted by Gasteiger charge is 2.06. The van der Waals surface area contributed by atoms with E-state index < -0.39 is 0 Å². The Morgan fingerprint density at radius 1 is 1.56 bits per heavy atom. The third-order valence-electron chi connectivity index (χ3n) is 2.22. The molecule has 1 rings (SSSR count). The highest BCUT2D eigenvalue weighted by molar-refractivity contribution is 6.33. The molecule has 3 N–H and O–H groups in total. The number of carbonyl (C=O) groups is 1. The summed E-state index contributed by atoms with van der Waals surface area (Å²) >= 11 is 5.96. The van der Waals surface area contributed by atoms with Gasteiger partial charge in [0.2, 0.25) is 5.91 Å². The molecule has 0 fully saturated rings. The fourth-order valence-corrected chi connectivity index (χ4v) is 1.47. The maximum atomic E-state index is 11.6. The molecule has 1 aromatic carbocycles. The van der Waals surface area contributed by atoms with Gasteiger partial charge in [0.15, 0.2) is 0 Å². The van der Waals surface area contributed by atoms with E-state index >= 15 is 0 Å². The van der Waals surface area contributed by atoms with E-state index in [1.165, 1.54) is 0 Å².